The summed E-state index contributed by atoms with van der Waals surface area (Å²) in [6.07, 6.45) is 4.37. The molecule has 1 fully saturated rings. The molecule has 1 amide bonds. The van der Waals surface area contributed by atoms with Crippen molar-refractivity contribution in [3.63, 3.8) is 0 Å². The van der Waals surface area contributed by atoms with Crippen LogP contribution in [0.1, 0.15) is 39.5 Å². The van der Waals surface area contributed by atoms with Crippen molar-refractivity contribution in [1.29, 1.82) is 0 Å². The second-order valence-corrected chi connectivity index (χ2v) is 8.24. The Balaban J connectivity index is 1.76. The summed E-state index contributed by atoms with van der Waals surface area (Å²) in [7, 11) is -3.75. The molecule has 23 heavy (non-hydrogen) atoms. The summed E-state index contributed by atoms with van der Waals surface area (Å²) < 4.78 is 23.9. The highest BCUT2D eigenvalue weighted by molar-refractivity contribution is 7.89. The Hall–Kier alpha value is -1.61. The van der Waals surface area contributed by atoms with Crippen LogP contribution in [0.25, 0.3) is 0 Å². The van der Waals surface area contributed by atoms with Crippen molar-refractivity contribution in [3.05, 3.63) is 12.3 Å². The van der Waals surface area contributed by atoms with Crippen molar-refractivity contribution < 1.29 is 18.3 Å². The van der Waals surface area contributed by atoms with Crippen molar-refractivity contribution >= 4 is 16.1 Å². The van der Waals surface area contributed by atoms with E-state index in [-0.39, 0.29) is 10.6 Å². The molecule has 130 valence electrons. The number of rotatable bonds is 6. The van der Waals surface area contributed by atoms with Crippen molar-refractivity contribution in [1.82, 2.24) is 14.7 Å². The summed E-state index contributed by atoms with van der Waals surface area (Å²) in [5, 5.41) is 18.0. The largest absolute Gasteiger partial charge is 0.465 e. The first-order chi connectivity index (χ1) is 10.6. The molecule has 1 atom stereocenters. The van der Waals surface area contributed by atoms with Gasteiger partial charge in [0, 0.05) is 24.8 Å². The number of carboxylic acid groups (broad SMARTS) is 1. The zero-order chi connectivity index (χ0) is 17.3. The van der Waals surface area contributed by atoms with Gasteiger partial charge in [-0.2, -0.15) is 5.10 Å². The predicted molar refractivity (Wildman–Crippen MR) is 84.4 cm³/mol. The molecule has 1 aliphatic rings. The number of likely N-dealkylation sites (tertiary alicyclic amines) is 1. The zero-order valence-corrected chi connectivity index (χ0v) is 14.3. The van der Waals surface area contributed by atoms with Crippen LogP contribution < -0.4 is 5.14 Å². The third kappa shape index (κ3) is 4.44. The average Bonchev–Trinajstić information content (AvgIpc) is 2.98. The molecule has 0 bridgehead atoms. The first kappa shape index (κ1) is 17.7. The maximum Gasteiger partial charge on any atom is 0.407 e. The third-order valence-corrected chi connectivity index (χ3v) is 5.15. The minimum Gasteiger partial charge on any atom is -0.465 e. The number of aryl methyl sites for hydroxylation is 1. The lowest BCUT2D eigenvalue weighted by atomic mass is 9.93. The average molecular weight is 344 g/mol. The number of hydrogen-bond acceptors (Lipinski definition) is 4. The SMILES string of the molecule is CC1(C)CC(CCCCn2ccc(S(N)(=O)=O)n2)CN1C(=O)O. The first-order valence-electron chi connectivity index (χ1n) is 7.66. The molecule has 8 nitrogen and oxygen atoms in total. The van der Waals surface area contributed by atoms with Crippen molar-refractivity contribution in [2.75, 3.05) is 6.54 Å². The van der Waals surface area contributed by atoms with Crippen LogP contribution in [0, 0.1) is 5.92 Å². The second kappa shape index (κ2) is 6.48. The Kier molecular flexibility index (Phi) is 5.00. The minimum absolute atomic E-state index is 0.118. The number of primary sulfonamides is 1. The number of amides is 1. The highest BCUT2D eigenvalue weighted by Crippen LogP contribution is 2.35. The summed E-state index contributed by atoms with van der Waals surface area (Å²) >= 11 is 0. The van der Waals surface area contributed by atoms with Crippen LogP contribution in [0.2, 0.25) is 0 Å². The van der Waals surface area contributed by atoms with Crippen molar-refractivity contribution in [2.45, 2.75) is 56.6 Å². The molecule has 0 saturated carbocycles. The monoisotopic (exact) mass is 344 g/mol. The van der Waals surface area contributed by atoms with Gasteiger partial charge in [0.25, 0.3) is 10.0 Å². The highest BCUT2D eigenvalue weighted by Gasteiger charge is 2.40. The molecule has 1 aliphatic heterocycles. The van der Waals surface area contributed by atoms with Crippen molar-refractivity contribution in [2.24, 2.45) is 11.1 Å². The van der Waals surface area contributed by atoms with E-state index in [0.29, 0.717) is 19.0 Å². The van der Waals surface area contributed by atoms with Gasteiger partial charge in [-0.3, -0.25) is 4.68 Å². The van der Waals surface area contributed by atoms with E-state index in [1.165, 1.54) is 11.0 Å². The summed E-state index contributed by atoms with van der Waals surface area (Å²) in [4.78, 5) is 12.7. The first-order valence-corrected chi connectivity index (χ1v) is 9.21. The maximum absolute atomic E-state index is 11.2. The van der Waals surface area contributed by atoms with Crippen LogP contribution in [0.15, 0.2) is 17.3 Å². The molecule has 0 aromatic carbocycles. The van der Waals surface area contributed by atoms with E-state index in [1.54, 1.807) is 10.9 Å². The molecule has 0 spiro atoms. The molecule has 1 unspecified atom stereocenters. The summed E-state index contributed by atoms with van der Waals surface area (Å²) in [6, 6.07) is 1.39. The number of nitrogens with two attached hydrogens (primary N) is 1. The smallest absolute Gasteiger partial charge is 0.407 e. The Morgan fingerprint density at radius 2 is 2.17 bits per heavy atom. The molecule has 0 radical (unpaired) electrons. The van der Waals surface area contributed by atoms with E-state index in [1.807, 2.05) is 13.8 Å². The van der Waals surface area contributed by atoms with Crippen LogP contribution in [0.3, 0.4) is 0 Å². The number of aromatic nitrogens is 2. The van der Waals surface area contributed by atoms with Gasteiger partial charge in [-0.05, 0) is 45.1 Å². The molecule has 1 aromatic rings. The van der Waals surface area contributed by atoms with Crippen molar-refractivity contribution in [3.8, 4) is 0 Å². The van der Waals surface area contributed by atoms with Gasteiger partial charge in [0.05, 0.1) is 0 Å². The van der Waals surface area contributed by atoms with Gasteiger partial charge in [-0.1, -0.05) is 6.42 Å². The number of hydrogen-bond donors (Lipinski definition) is 2. The topological polar surface area (TPSA) is 119 Å². The van der Waals surface area contributed by atoms with Gasteiger partial charge in [0.2, 0.25) is 0 Å². The minimum atomic E-state index is -3.75. The Morgan fingerprint density at radius 1 is 1.48 bits per heavy atom. The van der Waals surface area contributed by atoms with Gasteiger partial charge in [0.1, 0.15) is 0 Å². The fourth-order valence-corrected chi connectivity index (χ4v) is 3.71. The van der Waals surface area contributed by atoms with Crippen LogP contribution in [0.4, 0.5) is 4.79 Å². The zero-order valence-electron chi connectivity index (χ0n) is 13.5. The molecule has 3 N–H and O–H groups in total. The lowest BCUT2D eigenvalue weighted by molar-refractivity contribution is 0.117. The molecule has 1 saturated heterocycles. The van der Waals surface area contributed by atoms with Gasteiger partial charge >= 0.3 is 6.09 Å². The Bertz CT molecular complexity index is 668. The number of sulfonamides is 1. The molecule has 0 aliphatic carbocycles. The number of nitrogens with zero attached hydrogens (tertiary/aromatic N) is 3. The van der Waals surface area contributed by atoms with Crippen LogP contribution in [0.5, 0.6) is 0 Å². The highest BCUT2D eigenvalue weighted by atomic mass is 32.2. The molecule has 2 rings (SSSR count). The molecule has 1 aromatic heterocycles. The van der Waals surface area contributed by atoms with Gasteiger partial charge in [0.15, 0.2) is 5.03 Å². The van der Waals surface area contributed by atoms with E-state index in [4.69, 9.17) is 5.14 Å². The van der Waals surface area contributed by atoms with E-state index in [0.717, 1.165) is 25.7 Å². The summed E-state index contributed by atoms with van der Waals surface area (Å²) in [5.74, 6) is 0.374. The molecular formula is C14H24N4O4S. The van der Waals surface area contributed by atoms with Crippen LogP contribution >= 0.6 is 0 Å². The fraction of sp³-hybridized carbons (Fsp3) is 0.714. The van der Waals surface area contributed by atoms with Crippen LogP contribution in [-0.2, 0) is 16.6 Å². The molecule has 2 heterocycles. The maximum atomic E-state index is 11.2. The van der Waals surface area contributed by atoms with Gasteiger partial charge < -0.3 is 10.0 Å². The summed E-state index contributed by atoms with van der Waals surface area (Å²) in [6.45, 7) is 5.12. The quantitative estimate of drug-likeness (QED) is 0.758. The van der Waals surface area contributed by atoms with Gasteiger partial charge in [-0.15, -0.1) is 0 Å². The Labute approximate surface area is 136 Å². The Morgan fingerprint density at radius 3 is 2.70 bits per heavy atom. The van der Waals surface area contributed by atoms with E-state index in [9.17, 15) is 18.3 Å². The van der Waals surface area contributed by atoms with E-state index < -0.39 is 16.1 Å². The van der Waals surface area contributed by atoms with Crippen LogP contribution in [-0.4, -0.2) is 46.4 Å². The summed E-state index contributed by atoms with van der Waals surface area (Å²) in [5.41, 5.74) is -0.303. The lowest BCUT2D eigenvalue weighted by Gasteiger charge is -2.28. The van der Waals surface area contributed by atoms with E-state index in [2.05, 4.69) is 5.10 Å². The molecular weight excluding hydrogens is 320 g/mol. The number of carbonyl (C=O) groups is 1. The lowest BCUT2D eigenvalue weighted by Crippen LogP contribution is -2.41. The fourth-order valence-electron chi connectivity index (χ4n) is 3.24. The van der Waals surface area contributed by atoms with E-state index >= 15 is 0 Å². The number of unbranched alkanes of at least 4 members (excludes halogenated alkanes) is 1. The standard InChI is InChI=1S/C14H24N4O4S/c1-14(2)9-11(10-18(14)13(19)20)5-3-4-7-17-8-6-12(16-17)23(15,21)22/h6,8,11H,3-5,7,9-10H2,1-2H3,(H,19,20)(H2,15,21,22). The predicted octanol–water partition coefficient (Wildman–Crippen LogP) is 1.48. The second-order valence-electron chi connectivity index (χ2n) is 6.73. The molecule has 9 heteroatoms. The normalized spacial score (nSPS) is 20.8. The van der Waals surface area contributed by atoms with Gasteiger partial charge in [-0.25, -0.2) is 18.4 Å². The third-order valence-electron chi connectivity index (χ3n) is 4.35.